The normalized spacial score (nSPS) is 11.8. The topological polar surface area (TPSA) is 103 Å². The molecule has 5 aromatic rings. The van der Waals surface area contributed by atoms with E-state index in [0.29, 0.717) is 37.6 Å². The van der Waals surface area contributed by atoms with Crippen molar-refractivity contribution in [3.05, 3.63) is 111 Å². The first kappa shape index (κ1) is 26.6. The highest BCUT2D eigenvalue weighted by Crippen LogP contribution is 2.34. The maximum atomic E-state index is 13.2. The summed E-state index contributed by atoms with van der Waals surface area (Å²) in [5.74, 6) is -1.54. The fraction of sp³-hybridized carbons (Fsp3) is 0.0714. The number of rotatable bonds is 8. The van der Waals surface area contributed by atoms with Gasteiger partial charge in [0.1, 0.15) is 11.9 Å². The van der Waals surface area contributed by atoms with Crippen LogP contribution in [0.4, 0.5) is 4.39 Å². The molecule has 0 saturated carbocycles. The van der Waals surface area contributed by atoms with Crippen molar-refractivity contribution in [2.75, 3.05) is 0 Å². The molecule has 0 fully saturated rings. The molecule has 0 saturated heterocycles. The van der Waals surface area contributed by atoms with E-state index in [1.165, 1.54) is 23.5 Å². The van der Waals surface area contributed by atoms with Gasteiger partial charge in [0, 0.05) is 24.4 Å². The van der Waals surface area contributed by atoms with Crippen molar-refractivity contribution in [2.45, 2.75) is 12.5 Å². The molecule has 2 amide bonds. The standard InChI is InChI=1S/C28H20Cl2FN5O2S/c29-20-8-7-19(13-21(20)30)36-24(14-22(35-36)17-2-1-11-33-15-17)25-9-10-26(39-25)28(38)34-23(27(32)37)12-16-3-5-18(31)6-4-16/h1-11,13-15,23H,12H2,(H2,32,37)(H,34,38)/t23-/m0/s1. The van der Waals surface area contributed by atoms with Gasteiger partial charge in [-0.05, 0) is 66.2 Å². The SMILES string of the molecule is NC(=O)[C@H](Cc1ccc(F)cc1)NC(=O)c1ccc(-c2cc(-c3cccnc3)nn2-c2ccc(Cl)c(Cl)c2)s1. The number of pyridine rings is 1. The summed E-state index contributed by atoms with van der Waals surface area (Å²) in [4.78, 5) is 30.4. The molecule has 3 aromatic heterocycles. The number of thiophene rings is 1. The van der Waals surface area contributed by atoms with E-state index in [2.05, 4.69) is 10.3 Å². The lowest BCUT2D eigenvalue weighted by atomic mass is 10.1. The van der Waals surface area contributed by atoms with Crippen LogP contribution in [0.25, 0.3) is 27.5 Å². The van der Waals surface area contributed by atoms with E-state index >= 15 is 0 Å². The average Bonchev–Trinajstić information content (AvgIpc) is 3.59. The number of carbonyl (C=O) groups is 2. The lowest BCUT2D eigenvalue weighted by Gasteiger charge is -2.15. The molecule has 0 radical (unpaired) electrons. The smallest absolute Gasteiger partial charge is 0.262 e. The minimum absolute atomic E-state index is 0.137. The predicted octanol–water partition coefficient (Wildman–Crippen LogP) is 5.94. The molecule has 3 heterocycles. The first-order chi connectivity index (χ1) is 18.8. The zero-order valence-corrected chi connectivity index (χ0v) is 22.5. The van der Waals surface area contributed by atoms with Crippen LogP contribution in [-0.4, -0.2) is 32.6 Å². The summed E-state index contributed by atoms with van der Waals surface area (Å²) in [6, 6.07) is 19.0. The molecule has 39 heavy (non-hydrogen) atoms. The van der Waals surface area contributed by atoms with Crippen LogP contribution in [0.1, 0.15) is 15.2 Å². The van der Waals surface area contributed by atoms with Gasteiger partial charge in [-0.1, -0.05) is 35.3 Å². The van der Waals surface area contributed by atoms with Crippen LogP contribution in [0, 0.1) is 5.82 Å². The zero-order chi connectivity index (χ0) is 27.5. The van der Waals surface area contributed by atoms with E-state index in [1.54, 1.807) is 59.5 Å². The Kier molecular flexibility index (Phi) is 7.74. The first-order valence-electron chi connectivity index (χ1n) is 11.7. The Bertz CT molecular complexity index is 1650. The lowest BCUT2D eigenvalue weighted by Crippen LogP contribution is -2.45. The fourth-order valence-electron chi connectivity index (χ4n) is 3.93. The second-order valence-electron chi connectivity index (χ2n) is 8.59. The van der Waals surface area contributed by atoms with Crippen molar-refractivity contribution >= 4 is 46.4 Å². The molecule has 0 bridgehead atoms. The summed E-state index contributed by atoms with van der Waals surface area (Å²) in [5, 5.41) is 8.26. The van der Waals surface area contributed by atoms with Gasteiger partial charge in [0.2, 0.25) is 5.91 Å². The van der Waals surface area contributed by atoms with Crippen LogP contribution in [0.2, 0.25) is 10.0 Å². The molecule has 0 aliphatic heterocycles. The van der Waals surface area contributed by atoms with E-state index in [-0.39, 0.29) is 6.42 Å². The summed E-state index contributed by atoms with van der Waals surface area (Å²) < 4.78 is 15.0. The molecule has 1 atom stereocenters. The van der Waals surface area contributed by atoms with Crippen LogP contribution in [0.5, 0.6) is 0 Å². The minimum atomic E-state index is -0.965. The van der Waals surface area contributed by atoms with Crippen molar-refractivity contribution in [1.82, 2.24) is 20.1 Å². The largest absolute Gasteiger partial charge is 0.368 e. The van der Waals surface area contributed by atoms with E-state index < -0.39 is 23.7 Å². The van der Waals surface area contributed by atoms with Crippen molar-refractivity contribution in [3.63, 3.8) is 0 Å². The third-order valence-electron chi connectivity index (χ3n) is 5.90. The van der Waals surface area contributed by atoms with Gasteiger partial charge in [0.25, 0.3) is 5.91 Å². The van der Waals surface area contributed by atoms with E-state index in [4.69, 9.17) is 34.0 Å². The molecule has 0 spiro atoms. The van der Waals surface area contributed by atoms with Gasteiger partial charge >= 0.3 is 0 Å². The van der Waals surface area contributed by atoms with Gasteiger partial charge in [0.05, 0.1) is 36.9 Å². The van der Waals surface area contributed by atoms with Gasteiger partial charge in [-0.3, -0.25) is 14.6 Å². The second kappa shape index (κ2) is 11.4. The van der Waals surface area contributed by atoms with E-state index in [0.717, 1.165) is 10.4 Å². The number of carbonyl (C=O) groups excluding carboxylic acids is 2. The quantitative estimate of drug-likeness (QED) is 0.237. The third kappa shape index (κ3) is 6.01. The second-order valence-corrected chi connectivity index (χ2v) is 10.5. The van der Waals surface area contributed by atoms with Crippen molar-refractivity contribution in [1.29, 1.82) is 0 Å². The number of amides is 2. The monoisotopic (exact) mass is 579 g/mol. The first-order valence-corrected chi connectivity index (χ1v) is 13.3. The number of primary amides is 1. The van der Waals surface area contributed by atoms with Gasteiger partial charge in [-0.2, -0.15) is 5.10 Å². The summed E-state index contributed by atoms with van der Waals surface area (Å²) in [7, 11) is 0. The van der Waals surface area contributed by atoms with Crippen LogP contribution < -0.4 is 11.1 Å². The average molecular weight is 580 g/mol. The van der Waals surface area contributed by atoms with Crippen LogP contribution in [0.15, 0.2) is 85.2 Å². The van der Waals surface area contributed by atoms with E-state index in [1.807, 2.05) is 18.2 Å². The minimum Gasteiger partial charge on any atom is -0.368 e. The molecule has 7 nitrogen and oxygen atoms in total. The lowest BCUT2D eigenvalue weighted by molar-refractivity contribution is -0.119. The summed E-state index contributed by atoms with van der Waals surface area (Å²) in [6.45, 7) is 0. The highest BCUT2D eigenvalue weighted by atomic mass is 35.5. The molecule has 196 valence electrons. The Morgan fingerprint density at radius 3 is 2.51 bits per heavy atom. The van der Waals surface area contributed by atoms with Crippen molar-refractivity contribution in [3.8, 4) is 27.5 Å². The zero-order valence-electron chi connectivity index (χ0n) is 20.1. The Labute approximate surface area is 237 Å². The number of hydrogen-bond acceptors (Lipinski definition) is 5. The molecule has 11 heteroatoms. The Hall–Kier alpha value is -4.05. The summed E-state index contributed by atoms with van der Waals surface area (Å²) in [6.07, 6.45) is 3.53. The van der Waals surface area contributed by atoms with Gasteiger partial charge in [-0.15, -0.1) is 11.3 Å². The number of benzene rings is 2. The molecular formula is C28H20Cl2FN5O2S. The van der Waals surface area contributed by atoms with Gasteiger partial charge in [-0.25, -0.2) is 9.07 Å². The van der Waals surface area contributed by atoms with Crippen molar-refractivity contribution in [2.24, 2.45) is 5.73 Å². The molecule has 0 aliphatic rings. The van der Waals surface area contributed by atoms with Crippen LogP contribution in [-0.2, 0) is 11.2 Å². The number of hydrogen-bond donors (Lipinski definition) is 2. The number of nitrogens with two attached hydrogens (primary N) is 1. The highest BCUT2D eigenvalue weighted by molar-refractivity contribution is 7.17. The molecular weight excluding hydrogens is 560 g/mol. The molecule has 0 aliphatic carbocycles. The molecule has 5 rings (SSSR count). The Morgan fingerprint density at radius 2 is 1.82 bits per heavy atom. The fourth-order valence-corrected chi connectivity index (χ4v) is 5.13. The summed E-state index contributed by atoms with van der Waals surface area (Å²) >= 11 is 13.6. The number of nitrogens with one attached hydrogen (secondary N) is 1. The predicted molar refractivity (Wildman–Crippen MR) is 151 cm³/mol. The third-order valence-corrected chi connectivity index (χ3v) is 7.74. The van der Waals surface area contributed by atoms with E-state index in [9.17, 15) is 14.0 Å². The van der Waals surface area contributed by atoms with Crippen LogP contribution in [0.3, 0.4) is 0 Å². The molecule has 0 unspecified atom stereocenters. The maximum Gasteiger partial charge on any atom is 0.262 e. The Balaban J connectivity index is 1.45. The molecule has 2 aromatic carbocycles. The molecule has 3 N–H and O–H groups in total. The van der Waals surface area contributed by atoms with Crippen molar-refractivity contribution < 1.29 is 14.0 Å². The number of nitrogens with zero attached hydrogens (tertiary/aromatic N) is 3. The highest BCUT2D eigenvalue weighted by Gasteiger charge is 2.22. The van der Waals surface area contributed by atoms with Gasteiger partial charge < -0.3 is 11.1 Å². The number of aromatic nitrogens is 3. The maximum absolute atomic E-state index is 13.2. The van der Waals surface area contributed by atoms with Crippen LogP contribution >= 0.6 is 34.5 Å². The Morgan fingerprint density at radius 1 is 1.03 bits per heavy atom. The van der Waals surface area contributed by atoms with Gasteiger partial charge in [0.15, 0.2) is 0 Å². The summed E-state index contributed by atoms with van der Waals surface area (Å²) in [5.41, 5.74) is 9.10. The number of halogens is 3.